The maximum absolute atomic E-state index is 12.9. The molecule has 0 bridgehead atoms. The molecule has 0 radical (unpaired) electrons. The standard InChI is InChI=1S/C19H28O2/c1-18-9-4-3-5-12(18)11-15(20)17-13-6-7-16(21)19(13,2)10-8-14(17)18/h11,13-14,16-17,21H,3-10H2,1-2H3/t13-,14+,16?,17-,18-,19-/m0/s1. The zero-order valence-corrected chi connectivity index (χ0v) is 13.4. The number of rotatable bonds is 0. The molecule has 4 aliphatic rings. The Bertz CT molecular complexity index is 508. The predicted octanol–water partition coefficient (Wildman–Crippen LogP) is 3.88. The van der Waals surface area contributed by atoms with Crippen LogP contribution in [-0.2, 0) is 4.79 Å². The lowest BCUT2D eigenvalue weighted by Gasteiger charge is -2.56. The van der Waals surface area contributed by atoms with Gasteiger partial charge in [-0.15, -0.1) is 0 Å². The van der Waals surface area contributed by atoms with Crippen LogP contribution in [0, 0.1) is 28.6 Å². The van der Waals surface area contributed by atoms with Gasteiger partial charge >= 0.3 is 0 Å². The monoisotopic (exact) mass is 288 g/mol. The van der Waals surface area contributed by atoms with Gasteiger partial charge < -0.3 is 5.11 Å². The molecule has 1 N–H and O–H groups in total. The van der Waals surface area contributed by atoms with E-state index < -0.39 is 0 Å². The molecule has 2 nitrogen and oxygen atoms in total. The second kappa shape index (κ2) is 4.44. The number of allylic oxidation sites excluding steroid dienone is 2. The predicted molar refractivity (Wildman–Crippen MR) is 82.7 cm³/mol. The highest BCUT2D eigenvalue weighted by molar-refractivity contribution is 5.94. The molecular formula is C19H28O2. The van der Waals surface area contributed by atoms with Crippen LogP contribution in [0.5, 0.6) is 0 Å². The second-order valence-corrected chi connectivity index (χ2v) is 8.57. The van der Waals surface area contributed by atoms with E-state index in [1.54, 1.807) is 0 Å². The van der Waals surface area contributed by atoms with Gasteiger partial charge in [0.2, 0.25) is 0 Å². The summed E-state index contributed by atoms with van der Waals surface area (Å²) in [6.45, 7) is 4.66. The lowest BCUT2D eigenvalue weighted by atomic mass is 9.48. The Kier molecular flexibility index (Phi) is 2.96. The van der Waals surface area contributed by atoms with Crippen LogP contribution in [-0.4, -0.2) is 17.0 Å². The van der Waals surface area contributed by atoms with Crippen molar-refractivity contribution in [2.45, 2.75) is 71.3 Å². The number of ketones is 1. The molecule has 116 valence electrons. The summed E-state index contributed by atoms with van der Waals surface area (Å²) in [6.07, 6.45) is 11.0. The van der Waals surface area contributed by atoms with E-state index in [1.165, 1.54) is 24.8 Å². The summed E-state index contributed by atoms with van der Waals surface area (Å²) in [7, 11) is 0. The minimum absolute atomic E-state index is 0.00675. The lowest BCUT2D eigenvalue weighted by Crippen LogP contribution is -2.53. The molecule has 2 heteroatoms. The topological polar surface area (TPSA) is 37.3 Å². The van der Waals surface area contributed by atoms with Gasteiger partial charge in [-0.2, -0.15) is 0 Å². The maximum atomic E-state index is 12.9. The van der Waals surface area contributed by atoms with Crippen molar-refractivity contribution in [3.63, 3.8) is 0 Å². The van der Waals surface area contributed by atoms with E-state index in [0.717, 1.165) is 32.1 Å². The molecule has 3 fully saturated rings. The lowest BCUT2D eigenvalue weighted by molar-refractivity contribution is -0.135. The van der Waals surface area contributed by atoms with E-state index in [1.807, 2.05) is 6.08 Å². The minimum atomic E-state index is -0.194. The number of aliphatic hydroxyl groups excluding tert-OH is 1. The smallest absolute Gasteiger partial charge is 0.159 e. The Morgan fingerprint density at radius 1 is 1.10 bits per heavy atom. The first-order valence-electron chi connectivity index (χ1n) is 8.90. The quantitative estimate of drug-likeness (QED) is 0.734. The summed E-state index contributed by atoms with van der Waals surface area (Å²) >= 11 is 0. The second-order valence-electron chi connectivity index (χ2n) is 8.57. The molecule has 6 atom stereocenters. The molecule has 0 aromatic carbocycles. The summed E-state index contributed by atoms with van der Waals surface area (Å²) < 4.78 is 0. The van der Waals surface area contributed by atoms with Crippen molar-refractivity contribution in [3.05, 3.63) is 11.6 Å². The molecular weight excluding hydrogens is 260 g/mol. The van der Waals surface area contributed by atoms with Crippen LogP contribution in [0.1, 0.15) is 65.2 Å². The van der Waals surface area contributed by atoms with Crippen molar-refractivity contribution in [2.75, 3.05) is 0 Å². The fourth-order valence-corrected chi connectivity index (χ4v) is 6.41. The van der Waals surface area contributed by atoms with E-state index in [0.29, 0.717) is 17.6 Å². The van der Waals surface area contributed by atoms with Gasteiger partial charge in [-0.1, -0.05) is 25.8 Å². The fraction of sp³-hybridized carbons (Fsp3) is 0.842. The molecule has 21 heavy (non-hydrogen) atoms. The van der Waals surface area contributed by atoms with Crippen LogP contribution in [0.2, 0.25) is 0 Å². The molecule has 1 unspecified atom stereocenters. The zero-order chi connectivity index (χ0) is 14.8. The molecule has 4 aliphatic carbocycles. The minimum Gasteiger partial charge on any atom is -0.393 e. The fourth-order valence-electron chi connectivity index (χ4n) is 6.41. The van der Waals surface area contributed by atoms with Gasteiger partial charge in [0.05, 0.1) is 6.10 Å². The summed E-state index contributed by atoms with van der Waals surface area (Å²) in [5.41, 5.74) is 1.71. The van der Waals surface area contributed by atoms with E-state index in [9.17, 15) is 9.90 Å². The molecule has 0 heterocycles. The van der Waals surface area contributed by atoms with Gasteiger partial charge in [0.15, 0.2) is 5.78 Å². The molecule has 0 aromatic rings. The summed E-state index contributed by atoms with van der Waals surface area (Å²) in [5.74, 6) is 1.52. The Labute approximate surface area is 128 Å². The van der Waals surface area contributed by atoms with Crippen molar-refractivity contribution in [1.82, 2.24) is 0 Å². The number of aliphatic hydroxyl groups is 1. The normalized spacial score (nSPS) is 52.7. The van der Waals surface area contributed by atoms with Gasteiger partial charge in [-0.3, -0.25) is 4.79 Å². The molecule has 4 rings (SSSR count). The summed E-state index contributed by atoms with van der Waals surface area (Å²) in [5, 5.41) is 10.4. The first kappa shape index (κ1) is 14.0. The van der Waals surface area contributed by atoms with Gasteiger partial charge in [-0.05, 0) is 73.7 Å². The Morgan fingerprint density at radius 2 is 1.90 bits per heavy atom. The van der Waals surface area contributed by atoms with Gasteiger partial charge in [-0.25, -0.2) is 0 Å². The molecule has 0 aliphatic heterocycles. The highest BCUT2D eigenvalue weighted by Gasteiger charge is 2.60. The number of carbonyl (C=O) groups excluding carboxylic acids is 1. The van der Waals surface area contributed by atoms with Crippen LogP contribution in [0.15, 0.2) is 11.6 Å². The Balaban J connectivity index is 1.76. The molecule has 0 saturated heterocycles. The first-order valence-corrected chi connectivity index (χ1v) is 8.90. The third-order valence-electron chi connectivity index (χ3n) is 7.81. The third-order valence-corrected chi connectivity index (χ3v) is 7.81. The Morgan fingerprint density at radius 3 is 2.71 bits per heavy atom. The third kappa shape index (κ3) is 1.72. The van der Waals surface area contributed by atoms with E-state index in [2.05, 4.69) is 13.8 Å². The highest BCUT2D eigenvalue weighted by atomic mass is 16.3. The largest absolute Gasteiger partial charge is 0.393 e. The van der Waals surface area contributed by atoms with Crippen LogP contribution >= 0.6 is 0 Å². The van der Waals surface area contributed by atoms with Crippen LogP contribution in [0.3, 0.4) is 0 Å². The summed E-state index contributed by atoms with van der Waals surface area (Å²) in [4.78, 5) is 12.9. The average molecular weight is 288 g/mol. The van der Waals surface area contributed by atoms with Crippen LogP contribution in [0.25, 0.3) is 0 Å². The molecule has 3 saturated carbocycles. The van der Waals surface area contributed by atoms with Crippen LogP contribution < -0.4 is 0 Å². The van der Waals surface area contributed by atoms with E-state index >= 15 is 0 Å². The number of fused-ring (bicyclic) bond motifs is 5. The zero-order valence-electron chi connectivity index (χ0n) is 13.4. The van der Waals surface area contributed by atoms with Crippen molar-refractivity contribution in [2.24, 2.45) is 28.6 Å². The van der Waals surface area contributed by atoms with Gasteiger partial charge in [0, 0.05) is 5.92 Å². The van der Waals surface area contributed by atoms with E-state index in [-0.39, 0.29) is 22.9 Å². The Hall–Kier alpha value is -0.630. The van der Waals surface area contributed by atoms with E-state index in [4.69, 9.17) is 0 Å². The van der Waals surface area contributed by atoms with Crippen molar-refractivity contribution >= 4 is 5.78 Å². The number of carbonyl (C=O) groups is 1. The van der Waals surface area contributed by atoms with Crippen molar-refractivity contribution < 1.29 is 9.90 Å². The SMILES string of the molecule is C[C@]12CCCCC1=CC(=O)[C@@H]1[C@H]2CC[C@]2(C)C(O)CC[C@@H]12. The van der Waals surface area contributed by atoms with Crippen molar-refractivity contribution in [1.29, 1.82) is 0 Å². The van der Waals surface area contributed by atoms with Gasteiger partial charge in [0.1, 0.15) is 0 Å². The number of hydrogen-bond acceptors (Lipinski definition) is 2. The van der Waals surface area contributed by atoms with Crippen molar-refractivity contribution in [3.8, 4) is 0 Å². The molecule has 0 spiro atoms. The van der Waals surface area contributed by atoms with Gasteiger partial charge in [0.25, 0.3) is 0 Å². The number of hydrogen-bond donors (Lipinski definition) is 1. The van der Waals surface area contributed by atoms with Crippen LogP contribution in [0.4, 0.5) is 0 Å². The summed E-state index contributed by atoms with van der Waals surface area (Å²) in [6, 6.07) is 0. The first-order chi connectivity index (χ1) is 9.97. The average Bonchev–Trinajstić information content (AvgIpc) is 2.76. The maximum Gasteiger partial charge on any atom is 0.159 e. The highest BCUT2D eigenvalue weighted by Crippen LogP contribution is 2.63. The molecule has 0 aromatic heterocycles. The molecule has 0 amide bonds.